The fourth-order valence-corrected chi connectivity index (χ4v) is 2.12. The molecule has 0 fully saturated rings. The zero-order valence-electron chi connectivity index (χ0n) is 9.53. The maximum Gasteiger partial charge on any atom is 0.340 e. The highest BCUT2D eigenvalue weighted by atomic mass is 16.5. The Morgan fingerprint density at radius 3 is 2.75 bits per heavy atom. The number of methoxy groups -OCH3 is 1. The number of aromatic nitrogens is 1. The Balaban J connectivity index is 2.66. The van der Waals surface area contributed by atoms with E-state index in [4.69, 9.17) is 0 Å². The van der Waals surface area contributed by atoms with Crippen LogP contribution in [-0.4, -0.2) is 23.8 Å². The first-order chi connectivity index (χ1) is 7.47. The third kappa shape index (κ3) is 1.41. The number of fused-ring (bicyclic) bond motifs is 1. The number of esters is 1. The van der Waals surface area contributed by atoms with Crippen LogP contribution in [0, 0.1) is 0 Å². The number of hydrogen-bond donors (Lipinski definition) is 0. The normalized spacial score (nSPS) is 17.1. The zero-order chi connectivity index (χ0) is 11.9. The molecular weight excluding hydrogens is 206 g/mol. The molecule has 0 atom stereocenters. The van der Waals surface area contributed by atoms with Gasteiger partial charge in [0.05, 0.1) is 12.7 Å². The van der Waals surface area contributed by atoms with Crippen LogP contribution in [0.1, 0.15) is 46.5 Å². The molecule has 1 aliphatic rings. The van der Waals surface area contributed by atoms with E-state index in [9.17, 15) is 9.59 Å². The van der Waals surface area contributed by atoms with Crippen molar-refractivity contribution in [2.45, 2.75) is 25.7 Å². The van der Waals surface area contributed by atoms with Gasteiger partial charge in [0.25, 0.3) is 0 Å². The van der Waals surface area contributed by atoms with Crippen molar-refractivity contribution in [3.05, 3.63) is 29.1 Å². The molecule has 0 bridgehead atoms. The number of rotatable bonds is 1. The molecule has 0 N–H and O–H groups in total. The smallest absolute Gasteiger partial charge is 0.340 e. The quantitative estimate of drug-likeness (QED) is 0.675. The second-order valence-electron chi connectivity index (χ2n) is 4.59. The number of hydrogen-bond acceptors (Lipinski definition) is 4. The standard InChI is InChI=1S/C12H13NO3/c1-12(2)4-9(14)10-7(11(15)16-3)5-13-6-8(10)12/h5-6H,4H2,1-3H3. The van der Waals surface area contributed by atoms with E-state index in [1.54, 1.807) is 6.20 Å². The van der Waals surface area contributed by atoms with Gasteiger partial charge in [-0.3, -0.25) is 9.78 Å². The summed E-state index contributed by atoms with van der Waals surface area (Å²) >= 11 is 0. The van der Waals surface area contributed by atoms with Crippen LogP contribution in [0.2, 0.25) is 0 Å². The van der Waals surface area contributed by atoms with Crippen molar-refractivity contribution in [1.82, 2.24) is 4.98 Å². The summed E-state index contributed by atoms with van der Waals surface area (Å²) in [6.45, 7) is 3.94. The highest BCUT2D eigenvalue weighted by Crippen LogP contribution is 2.39. The van der Waals surface area contributed by atoms with Gasteiger partial charge in [0.2, 0.25) is 0 Å². The molecule has 0 aromatic carbocycles. The number of pyridine rings is 1. The number of carbonyl (C=O) groups is 2. The zero-order valence-corrected chi connectivity index (χ0v) is 9.53. The molecule has 1 aliphatic carbocycles. The largest absolute Gasteiger partial charge is 0.465 e. The molecule has 0 saturated heterocycles. The van der Waals surface area contributed by atoms with Crippen molar-refractivity contribution in [2.75, 3.05) is 7.11 Å². The van der Waals surface area contributed by atoms with E-state index in [1.165, 1.54) is 13.3 Å². The molecule has 1 aromatic rings. The van der Waals surface area contributed by atoms with E-state index in [1.807, 2.05) is 13.8 Å². The van der Waals surface area contributed by atoms with Crippen LogP contribution in [0.15, 0.2) is 12.4 Å². The first-order valence-corrected chi connectivity index (χ1v) is 5.07. The lowest BCUT2D eigenvalue weighted by Gasteiger charge is -2.17. The van der Waals surface area contributed by atoms with Gasteiger partial charge in [-0.1, -0.05) is 13.8 Å². The molecule has 84 valence electrons. The minimum Gasteiger partial charge on any atom is -0.465 e. The molecule has 0 aliphatic heterocycles. The molecule has 16 heavy (non-hydrogen) atoms. The van der Waals surface area contributed by atoms with Crippen molar-refractivity contribution >= 4 is 11.8 Å². The Hall–Kier alpha value is -1.71. The third-order valence-corrected chi connectivity index (χ3v) is 2.96. The highest BCUT2D eigenvalue weighted by Gasteiger charge is 2.39. The minimum absolute atomic E-state index is 0.0113. The maximum absolute atomic E-state index is 11.9. The predicted octanol–water partition coefficient (Wildman–Crippen LogP) is 1.73. The number of ether oxygens (including phenoxy) is 1. The first-order valence-electron chi connectivity index (χ1n) is 5.07. The van der Waals surface area contributed by atoms with E-state index in [2.05, 4.69) is 9.72 Å². The van der Waals surface area contributed by atoms with Gasteiger partial charge in [0, 0.05) is 24.4 Å². The Bertz CT molecular complexity index is 477. The van der Waals surface area contributed by atoms with E-state index >= 15 is 0 Å². The van der Waals surface area contributed by atoms with Crippen LogP contribution < -0.4 is 0 Å². The molecule has 0 spiro atoms. The number of ketones is 1. The molecular formula is C12H13NO3. The van der Waals surface area contributed by atoms with Gasteiger partial charge in [-0.15, -0.1) is 0 Å². The SMILES string of the molecule is COC(=O)c1cncc2c1C(=O)CC2(C)C. The van der Waals surface area contributed by atoms with Gasteiger partial charge < -0.3 is 4.74 Å². The molecule has 0 unspecified atom stereocenters. The average molecular weight is 219 g/mol. The summed E-state index contributed by atoms with van der Waals surface area (Å²) in [6, 6.07) is 0. The lowest BCUT2D eigenvalue weighted by molar-refractivity contribution is 0.0596. The monoisotopic (exact) mass is 219 g/mol. The summed E-state index contributed by atoms with van der Waals surface area (Å²) in [6.07, 6.45) is 3.47. The van der Waals surface area contributed by atoms with Crippen molar-refractivity contribution in [3.63, 3.8) is 0 Å². The van der Waals surface area contributed by atoms with E-state index in [0.29, 0.717) is 12.0 Å². The summed E-state index contributed by atoms with van der Waals surface area (Å²) in [4.78, 5) is 27.4. The molecule has 4 heteroatoms. The van der Waals surface area contributed by atoms with Crippen LogP contribution in [-0.2, 0) is 10.2 Å². The van der Waals surface area contributed by atoms with Gasteiger partial charge in [0.1, 0.15) is 0 Å². The van der Waals surface area contributed by atoms with E-state index in [0.717, 1.165) is 5.56 Å². The van der Waals surface area contributed by atoms with Crippen LogP contribution in [0.25, 0.3) is 0 Å². The van der Waals surface area contributed by atoms with Crippen LogP contribution >= 0.6 is 0 Å². The van der Waals surface area contributed by atoms with Crippen LogP contribution in [0.4, 0.5) is 0 Å². The Labute approximate surface area is 93.6 Å². The van der Waals surface area contributed by atoms with Crippen LogP contribution in [0.3, 0.4) is 0 Å². The molecule has 1 heterocycles. The topological polar surface area (TPSA) is 56.3 Å². The highest BCUT2D eigenvalue weighted by molar-refractivity contribution is 6.10. The summed E-state index contributed by atoms with van der Waals surface area (Å²) in [5.74, 6) is -0.516. The van der Waals surface area contributed by atoms with Gasteiger partial charge in [-0.25, -0.2) is 4.79 Å². The second kappa shape index (κ2) is 3.40. The summed E-state index contributed by atoms with van der Waals surface area (Å²) in [7, 11) is 1.30. The fraction of sp³-hybridized carbons (Fsp3) is 0.417. The van der Waals surface area contributed by atoms with E-state index < -0.39 is 5.97 Å². The molecule has 0 radical (unpaired) electrons. The Kier molecular flexibility index (Phi) is 2.30. The Morgan fingerprint density at radius 2 is 2.12 bits per heavy atom. The Morgan fingerprint density at radius 1 is 1.44 bits per heavy atom. The van der Waals surface area contributed by atoms with Gasteiger partial charge in [-0.05, 0) is 11.0 Å². The van der Waals surface area contributed by atoms with Crippen molar-refractivity contribution < 1.29 is 14.3 Å². The van der Waals surface area contributed by atoms with Gasteiger partial charge in [-0.2, -0.15) is 0 Å². The molecule has 1 aromatic heterocycles. The third-order valence-electron chi connectivity index (χ3n) is 2.96. The first kappa shape index (κ1) is 10.8. The molecule has 4 nitrogen and oxygen atoms in total. The maximum atomic E-state index is 11.9. The lowest BCUT2D eigenvalue weighted by Crippen LogP contribution is -2.13. The summed E-state index contributed by atoms with van der Waals surface area (Å²) < 4.78 is 4.65. The van der Waals surface area contributed by atoms with Gasteiger partial charge >= 0.3 is 5.97 Å². The number of carbonyl (C=O) groups excluding carboxylic acids is 2. The molecule has 0 saturated carbocycles. The summed E-state index contributed by atoms with van der Waals surface area (Å²) in [5.41, 5.74) is 1.34. The second-order valence-corrected chi connectivity index (χ2v) is 4.59. The minimum atomic E-state index is -0.504. The summed E-state index contributed by atoms with van der Waals surface area (Å²) in [5, 5.41) is 0. The number of Topliss-reactive ketones (excluding diaryl/α,β-unsaturated/α-hetero) is 1. The van der Waals surface area contributed by atoms with E-state index in [-0.39, 0.29) is 16.8 Å². The van der Waals surface area contributed by atoms with Crippen molar-refractivity contribution in [3.8, 4) is 0 Å². The number of nitrogens with zero attached hydrogens (tertiary/aromatic N) is 1. The molecule has 2 rings (SSSR count). The molecule has 0 amide bonds. The van der Waals surface area contributed by atoms with Gasteiger partial charge in [0.15, 0.2) is 5.78 Å². The van der Waals surface area contributed by atoms with Crippen molar-refractivity contribution in [1.29, 1.82) is 0 Å². The average Bonchev–Trinajstić information content (AvgIpc) is 2.48. The lowest BCUT2D eigenvalue weighted by atomic mass is 9.87. The predicted molar refractivity (Wildman–Crippen MR) is 57.6 cm³/mol. The van der Waals surface area contributed by atoms with Crippen LogP contribution in [0.5, 0.6) is 0 Å². The van der Waals surface area contributed by atoms with Crippen molar-refractivity contribution in [2.24, 2.45) is 0 Å². The fourth-order valence-electron chi connectivity index (χ4n) is 2.12.